The zero-order chi connectivity index (χ0) is 21.6. The van der Waals surface area contributed by atoms with E-state index in [-0.39, 0.29) is 5.91 Å². The van der Waals surface area contributed by atoms with Gasteiger partial charge in [0.1, 0.15) is 34.8 Å². The number of thioether (sulfide) groups is 1. The maximum Gasteiger partial charge on any atom is 0.266 e. The number of para-hydroxylation sites is 1. The lowest BCUT2D eigenvalue weighted by Gasteiger charge is -2.12. The highest BCUT2D eigenvalue weighted by Crippen LogP contribution is 2.35. The highest BCUT2D eigenvalue weighted by molar-refractivity contribution is 8.26. The molecule has 158 valence electrons. The first-order valence-electron chi connectivity index (χ1n) is 9.79. The fraction of sp³-hybridized carbons (Fsp3) is 0.167. The van der Waals surface area contributed by atoms with Crippen molar-refractivity contribution in [2.75, 3.05) is 13.2 Å². The highest BCUT2D eigenvalue weighted by Gasteiger charge is 2.32. The van der Waals surface area contributed by atoms with E-state index in [9.17, 15) is 4.79 Å². The van der Waals surface area contributed by atoms with E-state index in [1.165, 1.54) is 11.8 Å². The Morgan fingerprint density at radius 3 is 2.65 bits per heavy atom. The van der Waals surface area contributed by atoms with Gasteiger partial charge in [0.25, 0.3) is 5.91 Å². The number of carbonyl (C=O) groups is 1. The Bertz CT molecular complexity index is 1090. The van der Waals surface area contributed by atoms with E-state index in [1.807, 2.05) is 67.6 Å². The molecule has 3 aromatic rings. The van der Waals surface area contributed by atoms with Gasteiger partial charge in [0.2, 0.25) is 0 Å². The Labute approximate surface area is 190 Å². The summed E-state index contributed by atoms with van der Waals surface area (Å²) in [4.78, 5) is 15.0. The average Bonchev–Trinajstić information content (AvgIpc) is 3.37. The van der Waals surface area contributed by atoms with Crippen LogP contribution < -0.4 is 9.47 Å². The van der Waals surface area contributed by atoms with Gasteiger partial charge < -0.3 is 13.9 Å². The maximum absolute atomic E-state index is 12.9. The van der Waals surface area contributed by atoms with E-state index in [0.29, 0.717) is 40.5 Å². The molecule has 1 amide bonds. The van der Waals surface area contributed by atoms with E-state index in [2.05, 4.69) is 0 Å². The van der Waals surface area contributed by atoms with Gasteiger partial charge in [0.05, 0.1) is 17.7 Å². The average molecular weight is 452 g/mol. The van der Waals surface area contributed by atoms with Crippen LogP contribution in [0.25, 0.3) is 6.08 Å². The van der Waals surface area contributed by atoms with Crippen molar-refractivity contribution in [1.82, 2.24) is 4.90 Å². The maximum atomic E-state index is 12.9. The van der Waals surface area contributed by atoms with Crippen LogP contribution in [0.5, 0.6) is 11.5 Å². The molecule has 1 saturated heterocycles. The van der Waals surface area contributed by atoms with Crippen molar-refractivity contribution in [2.45, 2.75) is 13.5 Å². The molecule has 0 bridgehead atoms. The Balaban J connectivity index is 1.45. The van der Waals surface area contributed by atoms with E-state index in [0.717, 1.165) is 16.9 Å². The van der Waals surface area contributed by atoms with Gasteiger partial charge in [-0.2, -0.15) is 0 Å². The Morgan fingerprint density at radius 2 is 1.87 bits per heavy atom. The normalized spacial score (nSPS) is 15.0. The van der Waals surface area contributed by atoms with Crippen LogP contribution in [0.15, 0.2) is 76.2 Å². The molecule has 1 aliphatic heterocycles. The molecule has 1 fully saturated rings. The molecular weight excluding hydrogens is 430 g/mol. The first kappa shape index (κ1) is 21.2. The molecule has 0 atom stereocenters. The Hall–Kier alpha value is -3.03. The molecule has 5 nitrogen and oxygen atoms in total. The second-order valence-corrected chi connectivity index (χ2v) is 8.57. The lowest BCUT2D eigenvalue weighted by Crippen LogP contribution is -2.27. The van der Waals surface area contributed by atoms with Gasteiger partial charge in [0, 0.05) is 5.56 Å². The third-order valence-corrected chi connectivity index (χ3v) is 5.95. The quantitative estimate of drug-likeness (QED) is 0.258. The zero-order valence-corrected chi connectivity index (χ0v) is 18.6. The number of nitrogens with zero attached hydrogens (tertiary/aromatic N) is 1. The lowest BCUT2D eigenvalue weighted by molar-refractivity contribution is -0.122. The number of thiocarbonyl (C=S) groups is 1. The SMILES string of the molecule is Cc1ccc(OCCOc2ccccc2)c(C=C2SC(=S)N(Cc3ccco3)C2=O)c1. The predicted octanol–water partition coefficient (Wildman–Crippen LogP) is 5.45. The van der Waals surface area contributed by atoms with Crippen LogP contribution in [-0.4, -0.2) is 28.3 Å². The fourth-order valence-electron chi connectivity index (χ4n) is 3.08. The van der Waals surface area contributed by atoms with Crippen molar-refractivity contribution in [3.8, 4) is 11.5 Å². The largest absolute Gasteiger partial charge is 0.490 e. The van der Waals surface area contributed by atoms with Crippen molar-refractivity contribution in [1.29, 1.82) is 0 Å². The molecule has 0 spiro atoms. The second kappa shape index (κ2) is 9.85. The van der Waals surface area contributed by atoms with E-state index in [4.69, 9.17) is 26.1 Å². The molecule has 0 saturated carbocycles. The molecule has 2 aromatic carbocycles. The third kappa shape index (κ3) is 5.37. The summed E-state index contributed by atoms with van der Waals surface area (Å²) in [5.41, 5.74) is 1.91. The van der Waals surface area contributed by atoms with Gasteiger partial charge in [0.15, 0.2) is 0 Å². The second-order valence-electron chi connectivity index (χ2n) is 6.90. The highest BCUT2D eigenvalue weighted by atomic mass is 32.2. The number of hydrogen-bond acceptors (Lipinski definition) is 6. The molecule has 4 rings (SSSR count). The number of hydrogen-bond donors (Lipinski definition) is 0. The number of benzene rings is 2. The molecule has 0 aliphatic carbocycles. The summed E-state index contributed by atoms with van der Waals surface area (Å²) < 4.78 is 17.5. The lowest BCUT2D eigenvalue weighted by atomic mass is 10.1. The molecule has 31 heavy (non-hydrogen) atoms. The van der Waals surface area contributed by atoms with E-state index in [1.54, 1.807) is 17.2 Å². The molecule has 7 heteroatoms. The monoisotopic (exact) mass is 451 g/mol. The minimum absolute atomic E-state index is 0.133. The van der Waals surface area contributed by atoms with Crippen LogP contribution in [0.1, 0.15) is 16.9 Å². The molecular formula is C24H21NO4S2. The summed E-state index contributed by atoms with van der Waals surface area (Å²) in [6.07, 6.45) is 3.42. The van der Waals surface area contributed by atoms with Gasteiger partial charge in [-0.3, -0.25) is 9.69 Å². The van der Waals surface area contributed by atoms with Gasteiger partial charge in [-0.1, -0.05) is 53.8 Å². The topological polar surface area (TPSA) is 51.9 Å². The first-order valence-corrected chi connectivity index (χ1v) is 11.0. The van der Waals surface area contributed by atoms with Crippen LogP contribution in [0.3, 0.4) is 0 Å². The number of aryl methyl sites for hydroxylation is 1. The number of amides is 1. The van der Waals surface area contributed by atoms with E-state index >= 15 is 0 Å². The minimum Gasteiger partial charge on any atom is -0.490 e. The Kier molecular flexibility index (Phi) is 6.74. The summed E-state index contributed by atoms with van der Waals surface area (Å²) in [7, 11) is 0. The molecule has 0 unspecified atom stereocenters. The van der Waals surface area contributed by atoms with Crippen LogP contribution in [0.4, 0.5) is 0 Å². The number of furan rings is 1. The van der Waals surface area contributed by atoms with Crippen molar-refractivity contribution in [3.63, 3.8) is 0 Å². The molecule has 0 N–H and O–H groups in total. The summed E-state index contributed by atoms with van der Waals surface area (Å²) in [6.45, 7) is 3.13. The third-order valence-electron chi connectivity index (χ3n) is 4.57. The molecule has 0 radical (unpaired) electrons. The number of carbonyl (C=O) groups excluding carboxylic acids is 1. The van der Waals surface area contributed by atoms with Crippen molar-refractivity contribution >= 4 is 40.3 Å². The number of rotatable bonds is 8. The minimum atomic E-state index is -0.133. The van der Waals surface area contributed by atoms with Crippen LogP contribution in [0.2, 0.25) is 0 Å². The van der Waals surface area contributed by atoms with Gasteiger partial charge in [-0.05, 0) is 49.4 Å². The summed E-state index contributed by atoms with van der Waals surface area (Å²) in [5, 5.41) is 0. The van der Waals surface area contributed by atoms with Crippen LogP contribution in [-0.2, 0) is 11.3 Å². The van der Waals surface area contributed by atoms with Crippen molar-refractivity contribution in [3.05, 3.63) is 88.7 Å². The first-order chi connectivity index (χ1) is 15.1. The predicted molar refractivity (Wildman–Crippen MR) is 126 cm³/mol. The smallest absolute Gasteiger partial charge is 0.266 e. The Morgan fingerprint density at radius 1 is 1.06 bits per heavy atom. The molecule has 2 heterocycles. The van der Waals surface area contributed by atoms with Gasteiger partial charge >= 0.3 is 0 Å². The number of ether oxygens (including phenoxy) is 2. The van der Waals surface area contributed by atoms with Crippen LogP contribution in [0, 0.1) is 6.92 Å². The van der Waals surface area contributed by atoms with Gasteiger partial charge in [-0.25, -0.2) is 0 Å². The van der Waals surface area contributed by atoms with Crippen molar-refractivity contribution in [2.24, 2.45) is 0 Å². The van der Waals surface area contributed by atoms with E-state index < -0.39 is 0 Å². The zero-order valence-electron chi connectivity index (χ0n) is 16.9. The standard InChI is InChI=1S/C24H21NO4S2/c1-17-9-10-21(29-13-12-28-19-6-3-2-4-7-19)18(14-17)15-22-23(26)25(24(30)31-22)16-20-8-5-11-27-20/h2-11,14-15H,12-13,16H2,1H3. The van der Waals surface area contributed by atoms with Crippen molar-refractivity contribution < 1.29 is 18.7 Å². The summed E-state index contributed by atoms with van der Waals surface area (Å²) >= 11 is 6.70. The summed E-state index contributed by atoms with van der Waals surface area (Å²) in [5.74, 6) is 2.05. The molecule has 1 aromatic heterocycles. The summed E-state index contributed by atoms with van der Waals surface area (Å²) in [6, 6.07) is 19.1. The fourth-order valence-corrected chi connectivity index (χ4v) is 4.32. The van der Waals surface area contributed by atoms with Crippen LogP contribution >= 0.6 is 24.0 Å². The molecule has 1 aliphatic rings. The van der Waals surface area contributed by atoms with Gasteiger partial charge in [-0.15, -0.1) is 0 Å².